The Kier molecular flexibility index (Phi) is 5.58. The maximum absolute atomic E-state index is 12.8. The van der Waals surface area contributed by atoms with Crippen LogP contribution in [0.1, 0.15) is 11.1 Å². The zero-order valence-corrected chi connectivity index (χ0v) is 11.9. The van der Waals surface area contributed by atoms with E-state index >= 15 is 0 Å². The molecule has 4 nitrogen and oxygen atoms in total. The highest BCUT2D eigenvalue weighted by atomic mass is 35.7. The molecule has 0 saturated heterocycles. The average molecular weight is 336 g/mol. The van der Waals surface area contributed by atoms with Crippen molar-refractivity contribution in [3.63, 3.8) is 0 Å². The van der Waals surface area contributed by atoms with E-state index in [0.29, 0.717) is 6.07 Å². The summed E-state index contributed by atoms with van der Waals surface area (Å²) in [5, 5.41) is 0. The Hall–Kier alpha value is -0.400. The van der Waals surface area contributed by atoms with Crippen LogP contribution in [0, 0.1) is 0 Å². The van der Waals surface area contributed by atoms with E-state index < -0.39 is 26.8 Å². The van der Waals surface area contributed by atoms with Gasteiger partial charge in [0.1, 0.15) is 4.90 Å². The van der Waals surface area contributed by atoms with Crippen molar-refractivity contribution in [2.75, 3.05) is 6.35 Å². The molecular formula is C9H10ClF3NO3PS. The maximum atomic E-state index is 12.8. The Labute approximate surface area is 114 Å². The molecule has 0 aromatic heterocycles. The van der Waals surface area contributed by atoms with Gasteiger partial charge in [0.2, 0.25) is 0 Å². The standard InChI is InChI=1S/C9H10ClF3NO3PS/c10-18-5-17-19(15,16)8-6(4-14)2-1-3-7(8)9(11,12)13/h1-3,18H,4-5,14H2. The van der Waals surface area contributed by atoms with Crippen molar-refractivity contribution < 1.29 is 25.8 Å². The van der Waals surface area contributed by atoms with Gasteiger partial charge in [-0.05, 0) is 11.6 Å². The minimum atomic E-state index is -4.82. The lowest BCUT2D eigenvalue weighted by atomic mass is 10.1. The van der Waals surface area contributed by atoms with Gasteiger partial charge in [-0.15, -0.1) is 0 Å². The van der Waals surface area contributed by atoms with E-state index in [1.54, 1.807) is 0 Å². The summed E-state index contributed by atoms with van der Waals surface area (Å²) in [4.78, 5) is -0.945. The summed E-state index contributed by atoms with van der Waals surface area (Å²) >= 11 is 5.29. The molecule has 0 amide bonds. The van der Waals surface area contributed by atoms with Crippen LogP contribution >= 0.6 is 19.2 Å². The number of halogens is 4. The van der Waals surface area contributed by atoms with E-state index in [1.165, 1.54) is 6.07 Å². The monoisotopic (exact) mass is 335 g/mol. The molecule has 1 aromatic carbocycles. The van der Waals surface area contributed by atoms with Gasteiger partial charge in [0.15, 0.2) is 0 Å². The lowest BCUT2D eigenvalue weighted by molar-refractivity contribution is -0.140. The van der Waals surface area contributed by atoms with E-state index in [2.05, 4.69) is 4.18 Å². The molecule has 0 aliphatic rings. The normalized spacial score (nSPS) is 13.3. The summed E-state index contributed by atoms with van der Waals surface area (Å²) in [6.45, 7) is -0.356. The van der Waals surface area contributed by atoms with E-state index in [4.69, 9.17) is 17.0 Å². The largest absolute Gasteiger partial charge is 0.417 e. The lowest BCUT2D eigenvalue weighted by Crippen LogP contribution is -2.18. The summed E-state index contributed by atoms with van der Waals surface area (Å²) < 4.78 is 66.5. The van der Waals surface area contributed by atoms with E-state index in [9.17, 15) is 21.6 Å². The lowest BCUT2D eigenvalue weighted by Gasteiger charge is -2.15. The molecule has 0 heterocycles. The summed E-state index contributed by atoms with van der Waals surface area (Å²) in [6, 6.07) is 2.96. The van der Waals surface area contributed by atoms with Crippen LogP contribution in [0.2, 0.25) is 0 Å². The third-order valence-corrected chi connectivity index (χ3v) is 4.34. The minimum Gasteiger partial charge on any atom is -0.326 e. The SMILES string of the molecule is NCc1cccc(C(F)(F)F)c1S(=O)(=O)OCPCl. The second-order valence-corrected chi connectivity index (χ2v) is 6.26. The van der Waals surface area contributed by atoms with Crippen LogP contribution in [-0.4, -0.2) is 14.8 Å². The molecule has 0 aliphatic heterocycles. The van der Waals surface area contributed by atoms with Crippen LogP contribution in [0.5, 0.6) is 0 Å². The van der Waals surface area contributed by atoms with Gasteiger partial charge in [-0.3, -0.25) is 4.18 Å². The Morgan fingerprint density at radius 2 is 2.00 bits per heavy atom. The fourth-order valence-electron chi connectivity index (χ4n) is 1.42. The van der Waals surface area contributed by atoms with Gasteiger partial charge in [-0.25, -0.2) is 0 Å². The molecule has 0 aliphatic carbocycles. The van der Waals surface area contributed by atoms with E-state index in [-0.39, 0.29) is 26.4 Å². The molecule has 0 spiro atoms. The van der Waals surface area contributed by atoms with Crippen LogP contribution < -0.4 is 5.73 Å². The van der Waals surface area contributed by atoms with Gasteiger partial charge in [0.05, 0.1) is 11.9 Å². The topological polar surface area (TPSA) is 69.4 Å². The van der Waals surface area contributed by atoms with Crippen molar-refractivity contribution in [3.05, 3.63) is 29.3 Å². The molecule has 2 N–H and O–H groups in total. The third kappa shape index (κ3) is 4.03. The van der Waals surface area contributed by atoms with Crippen molar-refractivity contribution >= 4 is 29.3 Å². The quantitative estimate of drug-likeness (QED) is 0.663. The first-order valence-electron chi connectivity index (χ1n) is 4.86. The number of hydrogen-bond acceptors (Lipinski definition) is 4. The predicted molar refractivity (Wildman–Crippen MR) is 66.6 cm³/mol. The molecule has 108 valence electrons. The third-order valence-electron chi connectivity index (χ3n) is 2.14. The first-order chi connectivity index (χ1) is 8.74. The van der Waals surface area contributed by atoms with Gasteiger partial charge >= 0.3 is 6.18 Å². The Morgan fingerprint density at radius 1 is 1.37 bits per heavy atom. The number of benzene rings is 1. The minimum absolute atomic E-state index is 0.160. The molecule has 0 saturated carbocycles. The second kappa shape index (κ2) is 6.37. The molecule has 1 aromatic rings. The van der Waals surface area contributed by atoms with E-state index in [1.807, 2.05) is 0 Å². The van der Waals surface area contributed by atoms with E-state index in [0.717, 1.165) is 6.07 Å². The fourth-order valence-corrected chi connectivity index (χ4v) is 3.67. The highest BCUT2D eigenvalue weighted by Gasteiger charge is 2.38. The predicted octanol–water partition coefficient (Wildman–Crippen LogP) is 2.66. The first kappa shape index (κ1) is 16.7. The molecule has 1 rings (SSSR count). The zero-order valence-electron chi connectivity index (χ0n) is 9.37. The van der Waals surface area contributed by atoms with Crippen molar-refractivity contribution in [2.45, 2.75) is 17.6 Å². The van der Waals surface area contributed by atoms with Crippen LogP contribution in [0.3, 0.4) is 0 Å². The van der Waals surface area contributed by atoms with Gasteiger partial charge in [-0.2, -0.15) is 21.6 Å². The molecule has 1 unspecified atom stereocenters. The highest BCUT2D eigenvalue weighted by Crippen LogP contribution is 2.37. The Morgan fingerprint density at radius 3 is 2.47 bits per heavy atom. The summed E-state index contributed by atoms with van der Waals surface area (Å²) in [5.41, 5.74) is 3.82. The van der Waals surface area contributed by atoms with Gasteiger partial charge in [0, 0.05) is 14.5 Å². The molecular weight excluding hydrogens is 326 g/mol. The smallest absolute Gasteiger partial charge is 0.326 e. The highest BCUT2D eigenvalue weighted by molar-refractivity contribution is 7.87. The van der Waals surface area contributed by atoms with Crippen molar-refractivity contribution in [3.8, 4) is 0 Å². The second-order valence-electron chi connectivity index (χ2n) is 3.35. The number of hydrogen-bond donors (Lipinski definition) is 1. The molecule has 19 heavy (non-hydrogen) atoms. The molecule has 1 atom stereocenters. The van der Waals surface area contributed by atoms with Crippen LogP contribution in [0.4, 0.5) is 13.2 Å². The Bertz CT molecular complexity index is 550. The van der Waals surface area contributed by atoms with Crippen LogP contribution in [0.15, 0.2) is 23.1 Å². The van der Waals surface area contributed by atoms with Gasteiger partial charge in [-0.1, -0.05) is 23.4 Å². The van der Waals surface area contributed by atoms with Crippen molar-refractivity contribution in [1.82, 2.24) is 0 Å². The summed E-state index contributed by atoms with van der Waals surface area (Å²) in [5.74, 6) is 0. The Balaban J connectivity index is 3.47. The molecule has 0 radical (unpaired) electrons. The fraction of sp³-hybridized carbons (Fsp3) is 0.333. The zero-order chi connectivity index (χ0) is 14.7. The van der Waals surface area contributed by atoms with Crippen LogP contribution in [-0.2, 0) is 27.0 Å². The van der Waals surface area contributed by atoms with Crippen LogP contribution in [0.25, 0.3) is 0 Å². The summed E-state index contributed by atoms with van der Waals surface area (Å²) in [7, 11) is -4.94. The van der Waals surface area contributed by atoms with Crippen molar-refractivity contribution in [1.29, 1.82) is 0 Å². The molecule has 0 fully saturated rings. The number of nitrogens with two attached hydrogens (primary N) is 1. The molecule has 10 heteroatoms. The summed E-state index contributed by atoms with van der Waals surface area (Å²) in [6.07, 6.45) is -5.21. The maximum Gasteiger partial charge on any atom is 0.417 e. The first-order valence-corrected chi connectivity index (χ1v) is 8.49. The van der Waals surface area contributed by atoms with Gasteiger partial charge in [0.25, 0.3) is 10.1 Å². The molecule has 0 bridgehead atoms. The van der Waals surface area contributed by atoms with Gasteiger partial charge < -0.3 is 5.73 Å². The number of alkyl halides is 3. The number of rotatable bonds is 5. The van der Waals surface area contributed by atoms with Crippen molar-refractivity contribution in [2.24, 2.45) is 5.73 Å². The average Bonchev–Trinajstić information content (AvgIpc) is 2.34.